The van der Waals surface area contributed by atoms with Gasteiger partial charge in [-0.1, -0.05) is 35.5 Å². The smallest absolute Gasteiger partial charge is 0.311 e. The molecule has 0 bridgehead atoms. The molecule has 0 unspecified atom stereocenters. The van der Waals surface area contributed by atoms with Gasteiger partial charge in [-0.25, -0.2) is 0 Å². The second kappa shape index (κ2) is 7.25. The number of esters is 1. The van der Waals surface area contributed by atoms with Gasteiger partial charge in [0.1, 0.15) is 0 Å². The molecule has 1 aromatic carbocycles. The highest BCUT2D eigenvalue weighted by Gasteiger charge is 2.35. The van der Waals surface area contributed by atoms with Crippen molar-refractivity contribution in [3.63, 3.8) is 0 Å². The average Bonchev–Trinajstić information content (AvgIpc) is 3.17. The number of aromatic nitrogens is 2. The summed E-state index contributed by atoms with van der Waals surface area (Å²) in [7, 11) is 0. The number of aryl methyl sites for hydroxylation is 1. The minimum Gasteiger partial charge on any atom is -0.455 e. The number of nitrogens with zero attached hydrogens (tertiary/aromatic N) is 3. The lowest BCUT2D eigenvalue weighted by Crippen LogP contribution is -2.28. The normalized spacial score (nSPS) is 17.3. The van der Waals surface area contributed by atoms with Crippen LogP contribution in [-0.4, -0.2) is 40.0 Å². The second-order valence-corrected chi connectivity index (χ2v) is 5.82. The van der Waals surface area contributed by atoms with Crippen LogP contribution in [0.1, 0.15) is 23.7 Å². The first-order valence-electron chi connectivity index (χ1n) is 7.89. The Morgan fingerprint density at radius 3 is 2.88 bits per heavy atom. The van der Waals surface area contributed by atoms with E-state index in [-0.39, 0.29) is 24.8 Å². The Morgan fingerprint density at radius 1 is 1.38 bits per heavy atom. The van der Waals surface area contributed by atoms with Crippen LogP contribution in [0.5, 0.6) is 0 Å². The van der Waals surface area contributed by atoms with Crippen molar-refractivity contribution in [3.05, 3.63) is 47.6 Å². The van der Waals surface area contributed by atoms with Crippen molar-refractivity contribution in [2.24, 2.45) is 5.92 Å². The number of benzene rings is 1. The van der Waals surface area contributed by atoms with E-state index in [0.29, 0.717) is 18.9 Å². The molecule has 1 atom stereocenters. The summed E-state index contributed by atoms with van der Waals surface area (Å²) in [5.41, 5.74) is 1.17. The van der Waals surface area contributed by atoms with Crippen molar-refractivity contribution in [1.82, 2.24) is 15.0 Å². The molecule has 1 aliphatic rings. The molecule has 2 aromatic rings. The maximum Gasteiger partial charge on any atom is 0.311 e. The van der Waals surface area contributed by atoms with Crippen LogP contribution in [0, 0.1) is 12.8 Å². The van der Waals surface area contributed by atoms with Gasteiger partial charge in [0.05, 0.1) is 5.92 Å². The van der Waals surface area contributed by atoms with E-state index in [2.05, 4.69) is 10.1 Å². The highest BCUT2D eigenvalue weighted by Crippen LogP contribution is 2.20. The van der Waals surface area contributed by atoms with Gasteiger partial charge in [-0.3, -0.25) is 9.59 Å². The summed E-state index contributed by atoms with van der Waals surface area (Å²) in [6.07, 6.45) is 0.964. The third kappa shape index (κ3) is 3.98. The molecular weight excluding hydrogens is 310 g/mol. The lowest BCUT2D eigenvalue weighted by atomic mass is 10.1. The van der Waals surface area contributed by atoms with Crippen molar-refractivity contribution < 1.29 is 18.8 Å². The molecule has 0 saturated carbocycles. The van der Waals surface area contributed by atoms with Crippen molar-refractivity contribution in [2.75, 3.05) is 13.1 Å². The highest BCUT2D eigenvalue weighted by atomic mass is 16.6. The Hall–Kier alpha value is -2.70. The Morgan fingerprint density at radius 2 is 2.17 bits per heavy atom. The molecule has 1 saturated heterocycles. The summed E-state index contributed by atoms with van der Waals surface area (Å²) in [5.74, 6) is -0.101. The van der Waals surface area contributed by atoms with E-state index in [1.54, 1.807) is 11.8 Å². The van der Waals surface area contributed by atoms with E-state index in [9.17, 15) is 9.59 Å². The molecule has 1 aromatic heterocycles. The Balaban J connectivity index is 1.47. The van der Waals surface area contributed by atoms with Gasteiger partial charge in [0.25, 0.3) is 5.89 Å². The van der Waals surface area contributed by atoms with E-state index in [4.69, 9.17) is 9.26 Å². The van der Waals surface area contributed by atoms with E-state index in [1.165, 1.54) is 5.56 Å². The average molecular weight is 329 g/mol. The zero-order valence-corrected chi connectivity index (χ0v) is 13.5. The summed E-state index contributed by atoms with van der Waals surface area (Å²) in [5, 5.41) is 3.63. The maximum atomic E-state index is 12.1. The quantitative estimate of drug-likeness (QED) is 0.747. The monoisotopic (exact) mass is 329 g/mol. The van der Waals surface area contributed by atoms with Crippen LogP contribution in [0.15, 0.2) is 34.9 Å². The Kier molecular flexibility index (Phi) is 4.88. The molecule has 1 amide bonds. The molecule has 0 N–H and O–H groups in total. The van der Waals surface area contributed by atoms with Gasteiger partial charge < -0.3 is 14.2 Å². The SMILES string of the molecule is Cc1noc(COC(=O)[C@H]2CC(=O)N(CCc3ccccc3)C2)n1. The molecule has 1 fully saturated rings. The molecule has 0 aliphatic carbocycles. The van der Waals surface area contributed by atoms with Crippen LogP contribution in [0.4, 0.5) is 0 Å². The zero-order valence-electron chi connectivity index (χ0n) is 13.5. The van der Waals surface area contributed by atoms with Crippen molar-refractivity contribution in [1.29, 1.82) is 0 Å². The zero-order chi connectivity index (χ0) is 16.9. The molecule has 2 heterocycles. The van der Waals surface area contributed by atoms with Crippen LogP contribution in [-0.2, 0) is 27.4 Å². The first-order valence-corrected chi connectivity index (χ1v) is 7.89. The van der Waals surface area contributed by atoms with Crippen LogP contribution in [0.3, 0.4) is 0 Å². The predicted molar refractivity (Wildman–Crippen MR) is 83.7 cm³/mol. The van der Waals surface area contributed by atoms with Gasteiger partial charge in [0, 0.05) is 19.5 Å². The van der Waals surface area contributed by atoms with E-state index >= 15 is 0 Å². The molecular formula is C17H19N3O4. The summed E-state index contributed by atoms with van der Waals surface area (Å²) < 4.78 is 10.1. The highest BCUT2D eigenvalue weighted by molar-refractivity contribution is 5.86. The molecule has 0 radical (unpaired) electrons. The fourth-order valence-electron chi connectivity index (χ4n) is 2.70. The molecule has 3 rings (SSSR count). The topological polar surface area (TPSA) is 85.5 Å². The van der Waals surface area contributed by atoms with Gasteiger partial charge in [0.2, 0.25) is 5.91 Å². The first kappa shape index (κ1) is 16.2. The molecule has 7 nitrogen and oxygen atoms in total. The lowest BCUT2D eigenvalue weighted by molar-refractivity contribution is -0.150. The molecule has 24 heavy (non-hydrogen) atoms. The molecule has 0 spiro atoms. The van der Waals surface area contributed by atoms with Gasteiger partial charge in [-0.05, 0) is 18.9 Å². The van der Waals surface area contributed by atoms with Gasteiger partial charge in [-0.15, -0.1) is 0 Å². The minimum atomic E-state index is -0.433. The summed E-state index contributed by atoms with van der Waals surface area (Å²) >= 11 is 0. The fraction of sp³-hybridized carbons (Fsp3) is 0.412. The number of hydrogen-bond acceptors (Lipinski definition) is 6. The van der Waals surface area contributed by atoms with E-state index in [0.717, 1.165) is 6.42 Å². The number of amides is 1. The third-order valence-corrected chi connectivity index (χ3v) is 3.97. The van der Waals surface area contributed by atoms with Crippen molar-refractivity contribution in [3.8, 4) is 0 Å². The Bertz CT molecular complexity index is 714. The van der Waals surface area contributed by atoms with Gasteiger partial charge in [-0.2, -0.15) is 4.98 Å². The van der Waals surface area contributed by atoms with Gasteiger partial charge in [0.15, 0.2) is 12.4 Å². The fourth-order valence-corrected chi connectivity index (χ4v) is 2.70. The van der Waals surface area contributed by atoms with Crippen molar-refractivity contribution in [2.45, 2.75) is 26.4 Å². The van der Waals surface area contributed by atoms with Crippen LogP contribution in [0.2, 0.25) is 0 Å². The largest absolute Gasteiger partial charge is 0.455 e. The number of carbonyl (C=O) groups is 2. The van der Waals surface area contributed by atoms with Gasteiger partial charge >= 0.3 is 5.97 Å². The van der Waals surface area contributed by atoms with Crippen LogP contribution < -0.4 is 0 Å². The van der Waals surface area contributed by atoms with Crippen LogP contribution in [0.25, 0.3) is 0 Å². The van der Waals surface area contributed by atoms with Crippen molar-refractivity contribution >= 4 is 11.9 Å². The van der Waals surface area contributed by atoms with E-state index in [1.807, 2.05) is 30.3 Å². The molecule has 7 heteroatoms. The number of carbonyl (C=O) groups excluding carboxylic acids is 2. The molecule has 1 aliphatic heterocycles. The number of likely N-dealkylation sites (tertiary alicyclic amines) is 1. The number of ether oxygens (including phenoxy) is 1. The number of rotatable bonds is 6. The first-order chi connectivity index (χ1) is 11.6. The standard InChI is InChI=1S/C17H19N3O4/c1-12-18-15(24-19-12)11-23-17(22)14-9-16(21)20(10-14)8-7-13-5-3-2-4-6-13/h2-6,14H,7-11H2,1H3/t14-/m0/s1. The van der Waals surface area contributed by atoms with E-state index < -0.39 is 11.9 Å². The summed E-state index contributed by atoms with van der Waals surface area (Å²) in [4.78, 5) is 29.9. The van der Waals surface area contributed by atoms with Crippen LogP contribution >= 0.6 is 0 Å². The summed E-state index contributed by atoms with van der Waals surface area (Å²) in [6, 6.07) is 9.96. The Labute approximate surface area is 139 Å². The molecule has 126 valence electrons. The number of hydrogen-bond donors (Lipinski definition) is 0. The lowest BCUT2D eigenvalue weighted by Gasteiger charge is -2.16. The third-order valence-electron chi connectivity index (χ3n) is 3.97. The predicted octanol–water partition coefficient (Wildman–Crippen LogP) is 1.51. The minimum absolute atomic E-state index is 0.0125. The maximum absolute atomic E-state index is 12.1. The summed E-state index contributed by atoms with van der Waals surface area (Å²) in [6.45, 7) is 2.63. The second-order valence-electron chi connectivity index (χ2n) is 5.82.